The van der Waals surface area contributed by atoms with Gasteiger partial charge in [-0.05, 0) is 31.0 Å². The summed E-state index contributed by atoms with van der Waals surface area (Å²) in [6, 6.07) is 15.4. The van der Waals surface area contributed by atoms with Crippen LogP contribution in [0.15, 0.2) is 53.7 Å². The van der Waals surface area contributed by atoms with Crippen LogP contribution in [0.1, 0.15) is 24.1 Å². The summed E-state index contributed by atoms with van der Waals surface area (Å²) in [7, 11) is 1.91. The van der Waals surface area contributed by atoms with Crippen molar-refractivity contribution in [2.24, 2.45) is 7.05 Å². The van der Waals surface area contributed by atoms with Crippen LogP contribution in [-0.2, 0) is 11.8 Å². The summed E-state index contributed by atoms with van der Waals surface area (Å²) in [5.41, 5.74) is 3.07. The molecule has 0 aliphatic heterocycles. The molecule has 0 fully saturated rings. The van der Waals surface area contributed by atoms with E-state index in [0.29, 0.717) is 10.2 Å². The molecule has 1 unspecified atom stereocenters. The maximum absolute atomic E-state index is 12.3. The number of aromatic nitrogens is 3. The van der Waals surface area contributed by atoms with Gasteiger partial charge in [-0.1, -0.05) is 65.8 Å². The van der Waals surface area contributed by atoms with Crippen LogP contribution in [0, 0.1) is 6.92 Å². The predicted molar refractivity (Wildman–Crippen MR) is 110 cm³/mol. The van der Waals surface area contributed by atoms with E-state index in [1.165, 1.54) is 11.8 Å². The average molecular weight is 401 g/mol. The summed E-state index contributed by atoms with van der Waals surface area (Å²) in [4.78, 5) is 12.3. The van der Waals surface area contributed by atoms with Crippen LogP contribution in [-0.4, -0.2) is 26.4 Å². The monoisotopic (exact) mass is 400 g/mol. The fourth-order valence-corrected chi connectivity index (χ4v) is 3.84. The van der Waals surface area contributed by atoms with Crippen molar-refractivity contribution in [3.63, 3.8) is 0 Å². The van der Waals surface area contributed by atoms with Crippen LogP contribution >= 0.6 is 23.4 Å². The van der Waals surface area contributed by atoms with E-state index in [0.717, 1.165) is 22.5 Å². The molecule has 140 valence electrons. The Labute approximate surface area is 168 Å². The second-order valence-corrected chi connectivity index (χ2v) is 7.63. The SMILES string of the molecule is Cc1ccccc1-c1nnc(SCC(=O)NC(C)c2ccccc2Cl)n1C. The summed E-state index contributed by atoms with van der Waals surface area (Å²) in [6.07, 6.45) is 0. The number of carbonyl (C=O) groups excluding carboxylic acids is 1. The van der Waals surface area contributed by atoms with E-state index in [1.54, 1.807) is 0 Å². The van der Waals surface area contributed by atoms with Gasteiger partial charge in [0.2, 0.25) is 5.91 Å². The standard InChI is InChI=1S/C20H21ClN4OS/c1-13-8-4-5-9-15(13)19-23-24-20(25(19)3)27-12-18(26)22-14(2)16-10-6-7-11-17(16)21/h4-11,14H,12H2,1-3H3,(H,22,26). The Morgan fingerprint density at radius 3 is 2.63 bits per heavy atom. The molecule has 3 rings (SSSR count). The molecule has 1 amide bonds. The van der Waals surface area contributed by atoms with Gasteiger partial charge >= 0.3 is 0 Å². The van der Waals surface area contributed by atoms with E-state index in [-0.39, 0.29) is 17.7 Å². The average Bonchev–Trinajstić information content (AvgIpc) is 3.01. The van der Waals surface area contributed by atoms with E-state index in [2.05, 4.69) is 15.5 Å². The molecule has 0 aliphatic rings. The van der Waals surface area contributed by atoms with E-state index >= 15 is 0 Å². The highest BCUT2D eigenvalue weighted by Crippen LogP contribution is 2.25. The smallest absolute Gasteiger partial charge is 0.230 e. The summed E-state index contributed by atoms with van der Waals surface area (Å²) >= 11 is 7.55. The number of nitrogens with zero attached hydrogens (tertiary/aromatic N) is 3. The van der Waals surface area contributed by atoms with Gasteiger partial charge in [-0.2, -0.15) is 0 Å². The third kappa shape index (κ3) is 4.51. The van der Waals surface area contributed by atoms with Crippen LogP contribution in [0.2, 0.25) is 5.02 Å². The van der Waals surface area contributed by atoms with Crippen molar-refractivity contribution in [1.29, 1.82) is 0 Å². The molecular formula is C20H21ClN4OS. The van der Waals surface area contributed by atoms with Gasteiger partial charge in [0, 0.05) is 17.6 Å². The molecule has 5 nitrogen and oxygen atoms in total. The molecule has 3 aromatic rings. The topological polar surface area (TPSA) is 59.8 Å². The molecule has 1 heterocycles. The van der Waals surface area contributed by atoms with E-state index in [9.17, 15) is 4.79 Å². The van der Waals surface area contributed by atoms with Crippen LogP contribution in [0.25, 0.3) is 11.4 Å². The van der Waals surface area contributed by atoms with Crippen LogP contribution in [0.5, 0.6) is 0 Å². The Kier molecular flexibility index (Phi) is 6.19. The largest absolute Gasteiger partial charge is 0.349 e. The van der Waals surface area contributed by atoms with Crippen LogP contribution in [0.3, 0.4) is 0 Å². The molecule has 1 N–H and O–H groups in total. The highest BCUT2D eigenvalue weighted by molar-refractivity contribution is 7.99. The van der Waals surface area contributed by atoms with E-state index < -0.39 is 0 Å². The normalized spacial score (nSPS) is 12.0. The quantitative estimate of drug-likeness (QED) is 0.622. The van der Waals surface area contributed by atoms with Gasteiger partial charge in [0.15, 0.2) is 11.0 Å². The van der Waals surface area contributed by atoms with Crippen molar-refractivity contribution in [3.05, 3.63) is 64.7 Å². The van der Waals surface area contributed by atoms with Crippen molar-refractivity contribution in [2.75, 3.05) is 5.75 Å². The number of hydrogen-bond donors (Lipinski definition) is 1. The number of amides is 1. The van der Waals surface area contributed by atoms with Crippen molar-refractivity contribution in [1.82, 2.24) is 20.1 Å². The van der Waals surface area contributed by atoms with Gasteiger partial charge in [-0.25, -0.2) is 0 Å². The molecule has 0 saturated carbocycles. The third-order valence-corrected chi connectivity index (χ3v) is 5.67. The van der Waals surface area contributed by atoms with Crippen molar-refractivity contribution < 1.29 is 4.79 Å². The Balaban J connectivity index is 1.63. The summed E-state index contributed by atoms with van der Waals surface area (Å²) < 4.78 is 1.91. The molecule has 1 aromatic heterocycles. The minimum absolute atomic E-state index is 0.0761. The van der Waals surface area contributed by atoms with Gasteiger partial charge in [-0.3, -0.25) is 4.79 Å². The number of halogens is 1. The van der Waals surface area contributed by atoms with Crippen LogP contribution in [0.4, 0.5) is 0 Å². The lowest BCUT2D eigenvalue weighted by Gasteiger charge is -2.15. The maximum Gasteiger partial charge on any atom is 0.230 e. The lowest BCUT2D eigenvalue weighted by atomic mass is 10.1. The predicted octanol–water partition coefficient (Wildman–Crippen LogP) is 4.41. The first-order valence-corrected chi connectivity index (χ1v) is 9.95. The number of rotatable bonds is 6. The first-order valence-electron chi connectivity index (χ1n) is 8.59. The maximum atomic E-state index is 12.3. The second-order valence-electron chi connectivity index (χ2n) is 6.28. The fraction of sp³-hybridized carbons (Fsp3) is 0.250. The Hall–Kier alpha value is -2.31. The molecule has 0 bridgehead atoms. The second kappa shape index (κ2) is 8.59. The summed E-state index contributed by atoms with van der Waals surface area (Å²) in [5, 5.41) is 12.8. The van der Waals surface area contributed by atoms with Crippen molar-refractivity contribution in [3.8, 4) is 11.4 Å². The minimum Gasteiger partial charge on any atom is -0.349 e. The number of benzene rings is 2. The molecule has 0 saturated heterocycles. The fourth-order valence-electron chi connectivity index (χ4n) is 2.82. The highest BCUT2D eigenvalue weighted by atomic mass is 35.5. The molecule has 2 aromatic carbocycles. The van der Waals surface area contributed by atoms with Gasteiger partial charge in [-0.15, -0.1) is 10.2 Å². The number of nitrogens with one attached hydrogen (secondary N) is 1. The Morgan fingerprint density at radius 2 is 1.89 bits per heavy atom. The molecule has 27 heavy (non-hydrogen) atoms. The first-order chi connectivity index (χ1) is 13.0. The zero-order valence-corrected chi connectivity index (χ0v) is 17.0. The van der Waals surface area contributed by atoms with Gasteiger partial charge in [0.1, 0.15) is 0 Å². The number of hydrogen-bond acceptors (Lipinski definition) is 4. The number of carbonyl (C=O) groups is 1. The van der Waals surface area contributed by atoms with Crippen LogP contribution < -0.4 is 5.32 Å². The van der Waals surface area contributed by atoms with Gasteiger partial charge in [0.25, 0.3) is 0 Å². The number of aryl methyl sites for hydroxylation is 1. The van der Waals surface area contributed by atoms with Crippen molar-refractivity contribution >= 4 is 29.3 Å². The van der Waals surface area contributed by atoms with E-state index in [1.807, 2.05) is 74.0 Å². The van der Waals surface area contributed by atoms with Gasteiger partial charge < -0.3 is 9.88 Å². The lowest BCUT2D eigenvalue weighted by molar-refractivity contribution is -0.119. The Bertz CT molecular complexity index is 957. The zero-order chi connectivity index (χ0) is 19.4. The lowest BCUT2D eigenvalue weighted by Crippen LogP contribution is -2.28. The minimum atomic E-state index is -0.158. The summed E-state index contributed by atoms with van der Waals surface area (Å²) in [6.45, 7) is 3.96. The zero-order valence-electron chi connectivity index (χ0n) is 15.4. The molecule has 1 atom stereocenters. The number of thioether (sulfide) groups is 1. The van der Waals surface area contributed by atoms with Gasteiger partial charge in [0.05, 0.1) is 11.8 Å². The van der Waals surface area contributed by atoms with Crippen molar-refractivity contribution in [2.45, 2.75) is 25.0 Å². The third-order valence-electron chi connectivity index (χ3n) is 4.30. The Morgan fingerprint density at radius 1 is 1.19 bits per heavy atom. The molecular weight excluding hydrogens is 380 g/mol. The molecule has 0 aliphatic carbocycles. The molecule has 7 heteroatoms. The highest BCUT2D eigenvalue weighted by Gasteiger charge is 2.16. The molecule has 0 spiro atoms. The van der Waals surface area contributed by atoms with E-state index in [4.69, 9.17) is 11.6 Å². The molecule has 0 radical (unpaired) electrons. The first kappa shape index (κ1) is 19.5. The summed E-state index contributed by atoms with van der Waals surface area (Å²) in [5.74, 6) is 0.974.